The zero-order valence-corrected chi connectivity index (χ0v) is 22.4. The molecule has 40 heavy (non-hydrogen) atoms. The number of hydrogen-bond donors (Lipinski definition) is 2. The smallest absolute Gasteiger partial charge is 0.287 e. The van der Waals surface area contributed by atoms with E-state index < -0.39 is 23.6 Å². The Morgan fingerprint density at radius 3 is 2.35 bits per heavy atom. The monoisotopic (exact) mass is 542 g/mol. The number of amides is 2. The van der Waals surface area contributed by atoms with Crippen molar-refractivity contribution >= 4 is 17.6 Å². The summed E-state index contributed by atoms with van der Waals surface area (Å²) in [6.45, 7) is 6.34. The number of halogens is 1. The maximum absolute atomic E-state index is 13.6. The van der Waals surface area contributed by atoms with Crippen molar-refractivity contribution < 1.29 is 18.8 Å². The molecule has 0 fully saturated rings. The van der Waals surface area contributed by atoms with Crippen LogP contribution in [0.2, 0.25) is 0 Å². The largest absolute Gasteiger partial charge is 0.363 e. The van der Waals surface area contributed by atoms with Crippen LogP contribution in [0, 0.1) is 5.82 Å². The lowest BCUT2D eigenvalue weighted by Gasteiger charge is -2.17. The topological polar surface area (TPSA) is 123 Å². The molecule has 0 aliphatic heterocycles. The van der Waals surface area contributed by atoms with Crippen molar-refractivity contribution in [2.75, 3.05) is 13.1 Å². The lowest BCUT2D eigenvalue weighted by molar-refractivity contribution is -0.137. The van der Waals surface area contributed by atoms with Crippen molar-refractivity contribution in [1.82, 2.24) is 25.0 Å². The van der Waals surface area contributed by atoms with Crippen LogP contribution in [0.15, 0.2) is 79.1 Å². The number of carbonyl (C=O) groups is 3. The van der Waals surface area contributed by atoms with Gasteiger partial charge in [0.25, 0.3) is 11.8 Å². The zero-order valence-electron chi connectivity index (χ0n) is 22.4. The second kappa shape index (κ2) is 12.9. The van der Waals surface area contributed by atoms with Gasteiger partial charge in [-0.2, -0.15) is 5.10 Å². The minimum absolute atomic E-state index is 0.0917. The minimum atomic E-state index is -1.16. The van der Waals surface area contributed by atoms with E-state index in [9.17, 15) is 18.8 Å². The molecule has 0 saturated carbocycles. The van der Waals surface area contributed by atoms with Crippen molar-refractivity contribution in [3.8, 4) is 17.1 Å². The first-order chi connectivity index (χ1) is 19.3. The molecule has 0 aliphatic rings. The number of hydrogen-bond acceptors (Lipinski definition) is 6. The summed E-state index contributed by atoms with van der Waals surface area (Å²) in [5.41, 5.74) is 8.42. The van der Waals surface area contributed by atoms with Crippen molar-refractivity contribution in [3.63, 3.8) is 0 Å². The molecular formula is C30H31FN6O3. The van der Waals surface area contributed by atoms with Gasteiger partial charge in [0.1, 0.15) is 11.9 Å². The van der Waals surface area contributed by atoms with Gasteiger partial charge in [0.05, 0.1) is 11.3 Å². The van der Waals surface area contributed by atoms with Gasteiger partial charge < -0.3 is 11.1 Å². The van der Waals surface area contributed by atoms with Crippen LogP contribution in [-0.2, 0) is 22.6 Å². The number of benzene rings is 2. The fourth-order valence-electron chi connectivity index (χ4n) is 4.40. The highest BCUT2D eigenvalue weighted by Gasteiger charge is 2.27. The first kappa shape index (κ1) is 28.3. The summed E-state index contributed by atoms with van der Waals surface area (Å²) in [6, 6.07) is 17.1. The fourth-order valence-corrected chi connectivity index (χ4v) is 4.40. The maximum atomic E-state index is 13.6. The van der Waals surface area contributed by atoms with Gasteiger partial charge in [-0.15, -0.1) is 0 Å². The normalized spacial score (nSPS) is 11.8. The molecule has 2 amide bonds. The van der Waals surface area contributed by atoms with Gasteiger partial charge in [-0.3, -0.25) is 19.3 Å². The van der Waals surface area contributed by atoms with Crippen molar-refractivity contribution in [2.45, 2.75) is 32.9 Å². The number of rotatable bonds is 12. The summed E-state index contributed by atoms with van der Waals surface area (Å²) in [7, 11) is 0. The highest BCUT2D eigenvalue weighted by Crippen LogP contribution is 2.26. The lowest BCUT2D eigenvalue weighted by Crippen LogP contribution is -2.47. The molecule has 0 radical (unpaired) electrons. The third-order valence-electron chi connectivity index (χ3n) is 6.59. The molecule has 3 N–H and O–H groups in total. The maximum Gasteiger partial charge on any atom is 0.287 e. The van der Waals surface area contributed by atoms with Gasteiger partial charge in [-0.1, -0.05) is 44.2 Å². The van der Waals surface area contributed by atoms with Crippen molar-refractivity contribution in [2.24, 2.45) is 5.73 Å². The minimum Gasteiger partial charge on any atom is -0.363 e. The average Bonchev–Trinajstić information content (AvgIpc) is 3.39. The van der Waals surface area contributed by atoms with Gasteiger partial charge in [-0.05, 0) is 55.1 Å². The third-order valence-corrected chi connectivity index (χ3v) is 6.59. The van der Waals surface area contributed by atoms with Gasteiger partial charge in [-0.25, -0.2) is 14.1 Å². The Bertz CT molecular complexity index is 1480. The number of pyridine rings is 1. The van der Waals surface area contributed by atoms with E-state index in [0.717, 1.165) is 29.8 Å². The Hall–Kier alpha value is -4.70. The molecule has 4 rings (SSSR count). The van der Waals surface area contributed by atoms with Crippen LogP contribution in [0.5, 0.6) is 0 Å². The van der Waals surface area contributed by atoms with Crippen LogP contribution >= 0.6 is 0 Å². The van der Waals surface area contributed by atoms with Crippen LogP contribution in [0.1, 0.15) is 35.3 Å². The van der Waals surface area contributed by atoms with Crippen LogP contribution in [0.4, 0.5) is 4.39 Å². The number of Topliss-reactive ketones (excluding diaryl/α,β-unsaturated/α-hetero) is 1. The molecule has 2 aromatic heterocycles. The summed E-state index contributed by atoms with van der Waals surface area (Å²) in [5.74, 6) is -2.76. The van der Waals surface area contributed by atoms with E-state index >= 15 is 0 Å². The molecule has 9 nitrogen and oxygen atoms in total. The second-order valence-electron chi connectivity index (χ2n) is 9.23. The average molecular weight is 543 g/mol. The van der Waals surface area contributed by atoms with Gasteiger partial charge in [0, 0.05) is 36.5 Å². The number of nitrogens with two attached hydrogens (primary N) is 1. The molecule has 10 heteroatoms. The molecule has 0 aliphatic carbocycles. The number of ketones is 1. The van der Waals surface area contributed by atoms with E-state index in [1.807, 2.05) is 6.07 Å². The van der Waals surface area contributed by atoms with E-state index in [1.54, 1.807) is 54.7 Å². The summed E-state index contributed by atoms with van der Waals surface area (Å²) >= 11 is 0. The van der Waals surface area contributed by atoms with E-state index in [2.05, 4.69) is 29.0 Å². The number of nitrogens with one attached hydrogen (secondary N) is 1. The molecule has 1 unspecified atom stereocenters. The first-order valence-corrected chi connectivity index (χ1v) is 13.0. The Balaban J connectivity index is 1.70. The van der Waals surface area contributed by atoms with E-state index in [1.165, 1.54) is 23.0 Å². The number of carbonyl (C=O) groups excluding carboxylic acids is 3. The van der Waals surface area contributed by atoms with Crippen molar-refractivity contribution in [1.29, 1.82) is 0 Å². The summed E-state index contributed by atoms with van der Waals surface area (Å²) in [6.07, 6.45) is 3.42. The van der Waals surface area contributed by atoms with E-state index in [0.29, 0.717) is 12.2 Å². The quantitative estimate of drug-likeness (QED) is 0.265. The first-order valence-electron chi connectivity index (χ1n) is 13.0. The molecule has 0 saturated heterocycles. The molecule has 206 valence electrons. The third kappa shape index (κ3) is 6.65. The fraction of sp³-hybridized carbons (Fsp3) is 0.233. The zero-order chi connectivity index (χ0) is 28.6. The van der Waals surface area contributed by atoms with Gasteiger partial charge in [0.15, 0.2) is 5.82 Å². The molecular weight excluding hydrogens is 511 g/mol. The molecule has 2 heterocycles. The highest BCUT2D eigenvalue weighted by molar-refractivity contribution is 6.38. The predicted molar refractivity (Wildman–Crippen MR) is 149 cm³/mol. The van der Waals surface area contributed by atoms with Crippen molar-refractivity contribution in [3.05, 3.63) is 102 Å². The standard InChI is InChI=1S/C30H31FN6O3/c1-3-36(4-2)18-22-19-37(35-26(22)21-12-14-23(31)15-13-21)29-24(11-8-16-33-29)30(40)34-25(27(38)28(32)39)17-20-9-6-5-7-10-20/h5-16,19,25H,3-4,17-18H2,1-2H3,(H2,32,39)(H,34,40). The SMILES string of the molecule is CCN(CC)Cc1cn(-c2ncccc2C(=O)NC(Cc2ccccc2)C(=O)C(N)=O)nc1-c1ccc(F)cc1. The molecule has 0 bridgehead atoms. The highest BCUT2D eigenvalue weighted by atomic mass is 19.1. The van der Waals surface area contributed by atoms with Crippen LogP contribution < -0.4 is 11.1 Å². The molecule has 0 spiro atoms. The Labute approximate surface area is 231 Å². The molecule has 4 aromatic rings. The number of nitrogens with zero attached hydrogens (tertiary/aromatic N) is 4. The van der Waals surface area contributed by atoms with Crippen LogP contribution in [0.25, 0.3) is 17.1 Å². The molecule has 2 aromatic carbocycles. The van der Waals surface area contributed by atoms with Crippen LogP contribution in [0.3, 0.4) is 0 Å². The van der Waals surface area contributed by atoms with Gasteiger partial charge in [0.2, 0.25) is 5.78 Å². The predicted octanol–water partition coefficient (Wildman–Crippen LogP) is 3.31. The summed E-state index contributed by atoms with van der Waals surface area (Å²) < 4.78 is 15.1. The van der Waals surface area contributed by atoms with E-state index in [-0.39, 0.29) is 23.6 Å². The lowest BCUT2D eigenvalue weighted by atomic mass is 10.0. The number of primary amides is 1. The Kier molecular flexibility index (Phi) is 9.13. The molecule has 1 atom stereocenters. The Morgan fingerprint density at radius 1 is 1.00 bits per heavy atom. The van der Waals surface area contributed by atoms with Crippen LogP contribution in [-0.4, -0.2) is 56.4 Å². The Morgan fingerprint density at radius 2 is 1.70 bits per heavy atom. The van der Waals surface area contributed by atoms with E-state index in [4.69, 9.17) is 10.8 Å². The summed E-state index contributed by atoms with van der Waals surface area (Å²) in [4.78, 5) is 44.5. The number of aromatic nitrogens is 3. The second-order valence-corrected chi connectivity index (χ2v) is 9.23. The summed E-state index contributed by atoms with van der Waals surface area (Å²) in [5, 5.41) is 7.40. The van der Waals surface area contributed by atoms with Gasteiger partial charge >= 0.3 is 0 Å².